The highest BCUT2D eigenvalue weighted by Gasteiger charge is 2.72. The van der Waals surface area contributed by atoms with Crippen LogP contribution < -0.4 is 0 Å². The molecule has 3 unspecified atom stereocenters. The normalized spacial score (nSPS) is 46.8. The lowest BCUT2D eigenvalue weighted by atomic mass is 9.42. The number of aliphatic hydroxyl groups excluding tert-OH is 1. The van der Waals surface area contributed by atoms with E-state index in [1.165, 1.54) is 31.5 Å². The highest BCUT2D eigenvalue weighted by molar-refractivity contribution is 6.30. The summed E-state index contributed by atoms with van der Waals surface area (Å²) in [5.74, 6) is 1.44. The lowest BCUT2D eigenvalue weighted by Crippen LogP contribution is -2.65. The number of rotatable bonds is 5. The van der Waals surface area contributed by atoms with Crippen molar-refractivity contribution in [1.29, 1.82) is 0 Å². The van der Waals surface area contributed by atoms with Gasteiger partial charge in [-0.1, -0.05) is 37.6 Å². The summed E-state index contributed by atoms with van der Waals surface area (Å²) in [5, 5.41) is 24.0. The summed E-state index contributed by atoms with van der Waals surface area (Å²) in [5.41, 5.74) is -0.130. The molecule has 0 aromatic heterocycles. The number of nitrogens with zero attached hydrogens (tertiary/aromatic N) is 1. The Balaban J connectivity index is 1.33. The first-order valence-electron chi connectivity index (χ1n) is 14.7. The van der Waals surface area contributed by atoms with E-state index in [0.717, 1.165) is 69.4 Å². The average Bonchev–Trinajstić information content (AvgIpc) is 3.46. The molecule has 200 valence electrons. The van der Waals surface area contributed by atoms with Gasteiger partial charge in [0.05, 0.1) is 18.3 Å². The Morgan fingerprint density at radius 1 is 0.944 bits per heavy atom. The summed E-state index contributed by atoms with van der Waals surface area (Å²) in [7, 11) is 0. The second-order valence-corrected chi connectivity index (χ2v) is 13.9. The largest absolute Gasteiger partial charge is 0.393 e. The van der Waals surface area contributed by atoms with Crippen LogP contribution in [0.2, 0.25) is 5.02 Å². The molecule has 1 saturated heterocycles. The summed E-state index contributed by atoms with van der Waals surface area (Å²) >= 11 is 6.32. The number of fused-ring (bicyclic) bond motifs is 5. The second-order valence-electron chi connectivity index (χ2n) is 13.4. The smallest absolute Gasteiger partial charge is 0.101 e. The Hall–Kier alpha value is -0.650. The first-order chi connectivity index (χ1) is 17.2. The third kappa shape index (κ3) is 3.68. The Labute approximate surface area is 222 Å². The quantitative estimate of drug-likeness (QED) is 0.492. The van der Waals surface area contributed by atoms with Crippen LogP contribution in [-0.2, 0) is 10.3 Å². The molecule has 6 rings (SSSR count). The molecule has 5 fully saturated rings. The maximum absolute atomic E-state index is 12.8. The number of hydrogen-bond donors (Lipinski definition) is 2. The van der Waals surface area contributed by atoms with E-state index in [0.29, 0.717) is 24.4 Å². The lowest BCUT2D eigenvalue weighted by Gasteiger charge is -2.64. The van der Waals surface area contributed by atoms with Crippen molar-refractivity contribution in [3.63, 3.8) is 0 Å². The molecule has 1 aromatic carbocycles. The number of benzene rings is 1. The van der Waals surface area contributed by atoms with Crippen LogP contribution in [0.3, 0.4) is 0 Å². The third-order valence-electron chi connectivity index (χ3n) is 12.2. The molecule has 5 aliphatic rings. The summed E-state index contributed by atoms with van der Waals surface area (Å²) in [6.45, 7) is 8.87. The Kier molecular flexibility index (Phi) is 6.57. The molecule has 4 saturated carbocycles. The Morgan fingerprint density at radius 3 is 2.44 bits per heavy atom. The predicted octanol–water partition coefficient (Wildman–Crippen LogP) is 6.17. The van der Waals surface area contributed by atoms with Crippen molar-refractivity contribution >= 4 is 11.6 Å². The van der Waals surface area contributed by atoms with Gasteiger partial charge in [0.15, 0.2) is 0 Å². The van der Waals surface area contributed by atoms with E-state index in [1.807, 2.05) is 12.1 Å². The highest BCUT2D eigenvalue weighted by atomic mass is 35.5. The lowest BCUT2D eigenvalue weighted by molar-refractivity contribution is -0.249. The first-order valence-corrected chi connectivity index (χ1v) is 15.1. The van der Waals surface area contributed by atoms with Gasteiger partial charge in [0, 0.05) is 17.0 Å². The van der Waals surface area contributed by atoms with E-state index < -0.39 is 11.2 Å². The van der Waals surface area contributed by atoms with Gasteiger partial charge >= 0.3 is 0 Å². The molecule has 4 aliphatic carbocycles. The standard InChI is InChI=1S/C31H46ClNO3/c1-28-13-11-25(34)21-23(28)7-10-27-26(28)12-14-29(2)30(27,35)15-16-31(29,22-5-8-24(32)9-6-22)36-20-19-33-17-3-4-18-33/h5-6,8-9,23,25-27,34-35H,3-4,7,10-21H2,1-2H3/t23?,25?,26-,27-,28+,29+,30-,31?/m1/s1. The van der Waals surface area contributed by atoms with Gasteiger partial charge in [-0.15, -0.1) is 0 Å². The van der Waals surface area contributed by atoms with E-state index >= 15 is 0 Å². The number of likely N-dealkylation sites (tertiary alicyclic amines) is 1. The minimum Gasteiger partial charge on any atom is -0.393 e. The molecule has 1 aromatic rings. The van der Waals surface area contributed by atoms with Crippen molar-refractivity contribution in [3.05, 3.63) is 34.9 Å². The molecule has 0 bridgehead atoms. The maximum Gasteiger partial charge on any atom is 0.101 e. The summed E-state index contributed by atoms with van der Waals surface area (Å²) in [4.78, 5) is 2.52. The zero-order valence-corrected chi connectivity index (χ0v) is 23.1. The molecule has 1 heterocycles. The van der Waals surface area contributed by atoms with Gasteiger partial charge in [-0.2, -0.15) is 0 Å². The van der Waals surface area contributed by atoms with Gasteiger partial charge in [-0.05, 0) is 125 Å². The number of hydrogen-bond acceptors (Lipinski definition) is 4. The molecule has 0 amide bonds. The molecule has 2 N–H and O–H groups in total. The average molecular weight is 516 g/mol. The minimum absolute atomic E-state index is 0.135. The molecule has 36 heavy (non-hydrogen) atoms. The molecule has 0 radical (unpaired) electrons. The fourth-order valence-electron chi connectivity index (χ4n) is 10.1. The van der Waals surface area contributed by atoms with Crippen LogP contribution >= 0.6 is 11.6 Å². The van der Waals surface area contributed by atoms with Crippen LogP contribution in [0.4, 0.5) is 0 Å². The van der Waals surface area contributed by atoms with E-state index in [2.05, 4.69) is 30.9 Å². The van der Waals surface area contributed by atoms with Crippen LogP contribution in [0.15, 0.2) is 24.3 Å². The zero-order valence-electron chi connectivity index (χ0n) is 22.4. The van der Waals surface area contributed by atoms with Crippen LogP contribution in [-0.4, -0.2) is 53.1 Å². The van der Waals surface area contributed by atoms with E-state index in [4.69, 9.17) is 16.3 Å². The third-order valence-corrected chi connectivity index (χ3v) is 12.5. The van der Waals surface area contributed by atoms with Crippen LogP contribution in [0, 0.1) is 28.6 Å². The van der Waals surface area contributed by atoms with E-state index in [9.17, 15) is 10.2 Å². The van der Waals surface area contributed by atoms with E-state index in [-0.39, 0.29) is 16.9 Å². The molecule has 0 spiro atoms. The van der Waals surface area contributed by atoms with Crippen LogP contribution in [0.5, 0.6) is 0 Å². The molecular weight excluding hydrogens is 470 g/mol. The van der Waals surface area contributed by atoms with Crippen molar-refractivity contribution < 1.29 is 14.9 Å². The fourth-order valence-corrected chi connectivity index (χ4v) is 10.2. The molecule has 8 atom stereocenters. The van der Waals surface area contributed by atoms with Crippen molar-refractivity contribution in [3.8, 4) is 0 Å². The molecular formula is C31H46ClNO3. The van der Waals surface area contributed by atoms with Crippen LogP contribution in [0.25, 0.3) is 0 Å². The summed E-state index contributed by atoms with van der Waals surface area (Å²) in [6.07, 6.45) is 11.4. The zero-order chi connectivity index (χ0) is 25.2. The van der Waals surface area contributed by atoms with Gasteiger partial charge in [-0.3, -0.25) is 0 Å². The molecule has 5 heteroatoms. The SMILES string of the molecule is C[C@]12CCC(O)CC1CC[C@@H]1[C@H]2CC[C@]2(C)C(OCCN3CCCC3)(c3ccc(Cl)cc3)CC[C@@]12O. The number of ether oxygens (including phenoxy) is 1. The monoisotopic (exact) mass is 515 g/mol. The van der Waals surface area contributed by atoms with Gasteiger partial charge < -0.3 is 19.8 Å². The second kappa shape index (κ2) is 9.23. The molecule has 1 aliphatic heterocycles. The topological polar surface area (TPSA) is 52.9 Å². The Morgan fingerprint density at radius 2 is 1.69 bits per heavy atom. The van der Waals surface area contributed by atoms with Crippen LogP contribution in [0.1, 0.15) is 90.0 Å². The predicted molar refractivity (Wildman–Crippen MR) is 144 cm³/mol. The van der Waals surface area contributed by atoms with Gasteiger partial charge in [-0.25, -0.2) is 0 Å². The van der Waals surface area contributed by atoms with Crippen molar-refractivity contribution in [2.24, 2.45) is 28.6 Å². The maximum atomic E-state index is 12.8. The van der Waals surface area contributed by atoms with Gasteiger partial charge in [0.1, 0.15) is 5.60 Å². The van der Waals surface area contributed by atoms with Gasteiger partial charge in [0.2, 0.25) is 0 Å². The first kappa shape index (κ1) is 25.6. The fraction of sp³-hybridized carbons (Fsp3) is 0.806. The molecule has 4 nitrogen and oxygen atoms in total. The summed E-state index contributed by atoms with van der Waals surface area (Å²) < 4.78 is 7.06. The van der Waals surface area contributed by atoms with Gasteiger partial charge in [0.25, 0.3) is 0 Å². The Bertz CT molecular complexity index is 950. The number of halogens is 1. The van der Waals surface area contributed by atoms with Crippen molar-refractivity contribution in [1.82, 2.24) is 4.90 Å². The minimum atomic E-state index is -0.729. The summed E-state index contributed by atoms with van der Waals surface area (Å²) in [6, 6.07) is 8.30. The number of aliphatic hydroxyl groups is 2. The van der Waals surface area contributed by atoms with Crippen molar-refractivity contribution in [2.45, 2.75) is 102 Å². The highest BCUT2D eigenvalue weighted by Crippen LogP contribution is 2.72. The van der Waals surface area contributed by atoms with E-state index in [1.54, 1.807) is 0 Å². The van der Waals surface area contributed by atoms with Crippen molar-refractivity contribution in [2.75, 3.05) is 26.2 Å².